The van der Waals surface area contributed by atoms with Gasteiger partial charge in [0.1, 0.15) is 19.3 Å². The number of carbonyl (C=O) groups is 2. The van der Waals surface area contributed by atoms with E-state index in [4.69, 9.17) is 9.47 Å². The lowest BCUT2D eigenvalue weighted by molar-refractivity contribution is -0.128. The molecule has 0 radical (unpaired) electrons. The predicted molar refractivity (Wildman–Crippen MR) is 75.6 cm³/mol. The number of hydrogen-bond donors (Lipinski definition) is 2. The molecule has 0 aliphatic carbocycles. The highest BCUT2D eigenvalue weighted by Crippen LogP contribution is 2.32. The fourth-order valence-electron chi connectivity index (χ4n) is 2.36. The lowest BCUT2D eigenvalue weighted by Gasteiger charge is -2.22. The molecule has 0 saturated carbocycles. The van der Waals surface area contributed by atoms with Crippen LogP contribution in [-0.4, -0.2) is 49.2 Å². The molecule has 1 atom stereocenters. The third kappa shape index (κ3) is 2.72. The smallest absolute Gasteiger partial charge is 0.324 e. The fourth-order valence-corrected chi connectivity index (χ4v) is 2.36. The molecule has 3 amide bonds. The number of nitrogens with one attached hydrogen (secondary N) is 2. The number of anilines is 1. The fraction of sp³-hybridized carbons (Fsp3) is 0.429. The van der Waals surface area contributed by atoms with Crippen LogP contribution in [0.1, 0.15) is 6.92 Å². The van der Waals surface area contributed by atoms with E-state index in [9.17, 15) is 9.59 Å². The third-order valence-corrected chi connectivity index (χ3v) is 3.42. The molecule has 2 heterocycles. The van der Waals surface area contributed by atoms with E-state index >= 15 is 0 Å². The Labute approximate surface area is 122 Å². The van der Waals surface area contributed by atoms with Gasteiger partial charge in [0.25, 0.3) is 5.91 Å². The normalized spacial score (nSPS) is 18.1. The van der Waals surface area contributed by atoms with Gasteiger partial charge in [-0.15, -0.1) is 0 Å². The Morgan fingerprint density at radius 3 is 2.81 bits per heavy atom. The van der Waals surface area contributed by atoms with Crippen molar-refractivity contribution < 1.29 is 19.1 Å². The highest BCUT2D eigenvalue weighted by Gasteiger charge is 2.29. The minimum Gasteiger partial charge on any atom is -0.486 e. The number of benzene rings is 1. The minimum atomic E-state index is -0.503. The van der Waals surface area contributed by atoms with Crippen LogP contribution in [0.4, 0.5) is 10.5 Å². The van der Waals surface area contributed by atoms with Crippen molar-refractivity contribution in [3.8, 4) is 11.5 Å². The number of ether oxygens (including phenoxy) is 2. The maximum Gasteiger partial charge on any atom is 0.324 e. The van der Waals surface area contributed by atoms with Gasteiger partial charge in [0.2, 0.25) is 0 Å². The molecule has 2 N–H and O–H groups in total. The number of rotatable bonds is 3. The van der Waals surface area contributed by atoms with Crippen molar-refractivity contribution in [2.24, 2.45) is 0 Å². The number of carbonyl (C=O) groups excluding carboxylic acids is 2. The zero-order chi connectivity index (χ0) is 14.8. The summed E-state index contributed by atoms with van der Waals surface area (Å²) in [7, 11) is 0. The van der Waals surface area contributed by atoms with Gasteiger partial charge >= 0.3 is 6.03 Å². The van der Waals surface area contributed by atoms with Crippen LogP contribution in [0.2, 0.25) is 0 Å². The molecular weight excluding hydrogens is 274 g/mol. The number of imide groups is 1. The topological polar surface area (TPSA) is 79.9 Å². The third-order valence-electron chi connectivity index (χ3n) is 3.42. The Bertz CT molecular complexity index is 575. The molecule has 3 rings (SSSR count). The number of urea groups is 1. The van der Waals surface area contributed by atoms with E-state index < -0.39 is 6.04 Å². The van der Waals surface area contributed by atoms with Crippen LogP contribution in [0.5, 0.6) is 11.5 Å². The van der Waals surface area contributed by atoms with Gasteiger partial charge in [-0.1, -0.05) is 0 Å². The second-order valence-electron chi connectivity index (χ2n) is 4.95. The first-order valence-corrected chi connectivity index (χ1v) is 6.90. The average Bonchev–Trinajstić information content (AvgIpc) is 2.92. The van der Waals surface area contributed by atoms with Crippen molar-refractivity contribution in [1.29, 1.82) is 0 Å². The summed E-state index contributed by atoms with van der Waals surface area (Å²) in [6, 6.07) is 4.58. The molecule has 1 aromatic carbocycles. The van der Waals surface area contributed by atoms with Crippen LogP contribution in [-0.2, 0) is 4.79 Å². The van der Waals surface area contributed by atoms with Gasteiger partial charge < -0.3 is 20.1 Å². The molecule has 21 heavy (non-hydrogen) atoms. The summed E-state index contributed by atoms with van der Waals surface area (Å²) in [6.07, 6.45) is 0. The zero-order valence-corrected chi connectivity index (χ0v) is 11.7. The molecule has 1 fully saturated rings. The minimum absolute atomic E-state index is 0.250. The van der Waals surface area contributed by atoms with Gasteiger partial charge in [-0.3, -0.25) is 9.69 Å². The van der Waals surface area contributed by atoms with E-state index in [1.165, 1.54) is 4.90 Å². The second-order valence-corrected chi connectivity index (χ2v) is 4.95. The maximum atomic E-state index is 12.2. The van der Waals surface area contributed by atoms with Gasteiger partial charge in [0, 0.05) is 24.8 Å². The van der Waals surface area contributed by atoms with Crippen LogP contribution in [0.25, 0.3) is 0 Å². The molecule has 112 valence electrons. The van der Waals surface area contributed by atoms with Crippen LogP contribution in [0.15, 0.2) is 18.2 Å². The first kappa shape index (κ1) is 13.5. The summed E-state index contributed by atoms with van der Waals surface area (Å²) in [6.45, 7) is 3.69. The summed E-state index contributed by atoms with van der Waals surface area (Å²) >= 11 is 0. The monoisotopic (exact) mass is 291 g/mol. The molecule has 7 nitrogen and oxygen atoms in total. The molecule has 0 bridgehead atoms. The van der Waals surface area contributed by atoms with Crippen molar-refractivity contribution in [2.45, 2.75) is 13.0 Å². The van der Waals surface area contributed by atoms with Gasteiger partial charge in [-0.25, -0.2) is 4.79 Å². The number of nitrogens with zero attached hydrogens (tertiary/aromatic N) is 1. The first-order chi connectivity index (χ1) is 10.1. The van der Waals surface area contributed by atoms with Crippen LogP contribution < -0.4 is 20.1 Å². The van der Waals surface area contributed by atoms with E-state index in [1.807, 2.05) is 6.07 Å². The van der Waals surface area contributed by atoms with E-state index in [0.717, 1.165) is 5.69 Å². The van der Waals surface area contributed by atoms with Crippen molar-refractivity contribution in [3.63, 3.8) is 0 Å². The first-order valence-electron chi connectivity index (χ1n) is 6.90. The molecule has 1 aromatic rings. The average molecular weight is 291 g/mol. The van der Waals surface area contributed by atoms with Gasteiger partial charge in [-0.2, -0.15) is 0 Å². The van der Waals surface area contributed by atoms with Crippen LogP contribution in [0.3, 0.4) is 0 Å². The van der Waals surface area contributed by atoms with E-state index in [-0.39, 0.29) is 11.9 Å². The largest absolute Gasteiger partial charge is 0.486 e. The second kappa shape index (κ2) is 5.51. The van der Waals surface area contributed by atoms with Gasteiger partial charge in [0.05, 0.1) is 0 Å². The summed E-state index contributed by atoms with van der Waals surface area (Å²) in [5, 5.41) is 5.69. The predicted octanol–water partition coefficient (Wildman–Crippen LogP) is 0.810. The molecule has 0 spiro atoms. The number of hydrogen-bond acceptors (Lipinski definition) is 5. The Kier molecular flexibility index (Phi) is 3.55. The molecule has 7 heteroatoms. The summed E-state index contributed by atoms with van der Waals surface area (Å²) in [5.41, 5.74) is 0.750. The Morgan fingerprint density at radius 2 is 2.10 bits per heavy atom. The quantitative estimate of drug-likeness (QED) is 0.861. The van der Waals surface area contributed by atoms with E-state index in [0.29, 0.717) is 37.8 Å². The summed E-state index contributed by atoms with van der Waals surface area (Å²) in [5.74, 6) is 1.11. The van der Waals surface area contributed by atoms with Gasteiger partial charge in [-0.05, 0) is 19.1 Å². The summed E-state index contributed by atoms with van der Waals surface area (Å²) in [4.78, 5) is 24.9. The number of fused-ring (bicyclic) bond motifs is 1. The van der Waals surface area contributed by atoms with Crippen molar-refractivity contribution in [3.05, 3.63) is 18.2 Å². The molecule has 2 aliphatic heterocycles. The Morgan fingerprint density at radius 1 is 1.33 bits per heavy atom. The molecule has 2 aliphatic rings. The van der Waals surface area contributed by atoms with Crippen LogP contribution >= 0.6 is 0 Å². The van der Waals surface area contributed by atoms with Crippen molar-refractivity contribution >= 4 is 17.6 Å². The van der Waals surface area contributed by atoms with Crippen molar-refractivity contribution in [1.82, 2.24) is 10.2 Å². The highest BCUT2D eigenvalue weighted by atomic mass is 16.6. The highest BCUT2D eigenvalue weighted by molar-refractivity contribution is 5.99. The van der Waals surface area contributed by atoms with Crippen LogP contribution in [0, 0.1) is 0 Å². The number of amides is 3. The van der Waals surface area contributed by atoms with Crippen molar-refractivity contribution in [2.75, 3.05) is 31.6 Å². The van der Waals surface area contributed by atoms with E-state index in [2.05, 4.69) is 10.6 Å². The zero-order valence-electron chi connectivity index (χ0n) is 11.7. The molecule has 0 unspecified atom stereocenters. The molecule has 1 saturated heterocycles. The molecular formula is C14H17N3O4. The Hall–Kier alpha value is -2.44. The standard InChI is InChI=1S/C14H17N3O4/c1-9(13(18)17-5-4-15-14(17)19)16-10-2-3-11-12(8-10)21-7-6-20-11/h2-3,8-9,16H,4-7H2,1H3,(H,15,19)/t9-/m0/s1. The van der Waals surface area contributed by atoms with E-state index in [1.54, 1.807) is 19.1 Å². The Balaban J connectivity index is 1.68. The maximum absolute atomic E-state index is 12.2. The summed E-state index contributed by atoms with van der Waals surface area (Å²) < 4.78 is 10.9. The molecule has 0 aromatic heterocycles. The SMILES string of the molecule is C[C@H](Nc1ccc2c(c1)OCCO2)C(=O)N1CCNC1=O. The lowest BCUT2D eigenvalue weighted by atomic mass is 10.2. The lowest BCUT2D eigenvalue weighted by Crippen LogP contribution is -2.43. The van der Waals surface area contributed by atoms with Gasteiger partial charge in [0.15, 0.2) is 11.5 Å².